The lowest BCUT2D eigenvalue weighted by atomic mass is 10.2. The van der Waals surface area contributed by atoms with Crippen LogP contribution < -0.4 is 21.2 Å². The van der Waals surface area contributed by atoms with E-state index in [1.54, 1.807) is 0 Å². The fourth-order valence-corrected chi connectivity index (χ4v) is 12.7. The van der Waals surface area contributed by atoms with Crippen molar-refractivity contribution in [3.63, 3.8) is 0 Å². The predicted octanol–water partition coefficient (Wildman–Crippen LogP) is 5.42. The van der Waals surface area contributed by atoms with Gasteiger partial charge in [-0.1, -0.05) is 145 Å². The molecule has 0 N–H and O–H groups in total. The Bertz CT molecular complexity index is 1250. The van der Waals surface area contributed by atoms with E-state index in [1.165, 1.54) is 0 Å². The Morgan fingerprint density at radius 1 is 0.486 bits per heavy atom. The van der Waals surface area contributed by atoms with Crippen LogP contribution in [0.3, 0.4) is 0 Å². The molecule has 0 aliphatic carbocycles. The number of nitriles is 2. The monoisotopic (exact) mass is 526 g/mol. The van der Waals surface area contributed by atoms with Gasteiger partial charge in [0, 0.05) is 12.1 Å². The van der Waals surface area contributed by atoms with Crippen LogP contribution in [0.5, 0.6) is 0 Å². The predicted molar refractivity (Wildman–Crippen MR) is 156 cm³/mol. The van der Waals surface area contributed by atoms with E-state index >= 15 is 0 Å². The summed E-state index contributed by atoms with van der Waals surface area (Å²) >= 11 is 12.9. The second kappa shape index (κ2) is 11.3. The summed E-state index contributed by atoms with van der Waals surface area (Å²) in [5, 5.41) is 25.0. The highest BCUT2D eigenvalue weighted by molar-refractivity contribution is 8.23. The Hall–Kier alpha value is -2.84. The van der Waals surface area contributed by atoms with E-state index in [0.717, 1.165) is 21.2 Å². The molecule has 0 fully saturated rings. The maximum Gasteiger partial charge on any atom is 0.0845 e. The molecular weight excluding hydrogens is 502 g/mol. The largest absolute Gasteiger partial charge is 0.198 e. The standard InChI is InChI=1S/C29H24N2P2S2/c30-22-28(32(34,24-13-5-1-6-14-24)25-15-7-2-8-16-25)21-29(23-31)33(35,26-17-9-3-10-18-26)27-19-11-4-12-20-27/h1-20,28-29H,21H2. The first-order valence-corrected chi connectivity index (χ1v) is 17.0. The Kier molecular flexibility index (Phi) is 8.13. The van der Waals surface area contributed by atoms with Gasteiger partial charge in [0.05, 0.1) is 23.5 Å². The summed E-state index contributed by atoms with van der Waals surface area (Å²) in [7, 11) is 0. The van der Waals surface area contributed by atoms with Gasteiger partial charge in [0.25, 0.3) is 0 Å². The van der Waals surface area contributed by atoms with E-state index < -0.39 is 23.4 Å². The van der Waals surface area contributed by atoms with E-state index in [9.17, 15) is 10.5 Å². The third-order valence-corrected chi connectivity index (χ3v) is 16.9. The summed E-state index contributed by atoms with van der Waals surface area (Å²) in [6, 6.07) is 39.7. The molecule has 4 aromatic rings. The van der Waals surface area contributed by atoms with Crippen LogP contribution in [0.25, 0.3) is 0 Å². The van der Waals surface area contributed by atoms with E-state index in [-0.39, 0.29) is 0 Å². The Morgan fingerprint density at radius 3 is 0.914 bits per heavy atom. The molecule has 0 saturated heterocycles. The van der Waals surface area contributed by atoms with Crippen LogP contribution in [0.1, 0.15) is 6.42 Å². The van der Waals surface area contributed by atoms with Crippen LogP contribution in [0, 0.1) is 22.7 Å². The molecule has 0 aliphatic rings. The van der Waals surface area contributed by atoms with Gasteiger partial charge in [0.2, 0.25) is 0 Å². The lowest BCUT2D eigenvalue weighted by Crippen LogP contribution is -2.31. The second-order valence-electron chi connectivity index (χ2n) is 8.18. The normalized spacial score (nSPS) is 13.2. The average molecular weight is 527 g/mol. The van der Waals surface area contributed by atoms with Crippen molar-refractivity contribution in [2.24, 2.45) is 0 Å². The smallest absolute Gasteiger partial charge is 0.0845 e. The summed E-state index contributed by atoms with van der Waals surface area (Å²) in [6.45, 7) is 0. The van der Waals surface area contributed by atoms with Crippen LogP contribution in [0.2, 0.25) is 0 Å². The van der Waals surface area contributed by atoms with Crippen molar-refractivity contribution in [2.75, 3.05) is 0 Å². The first-order chi connectivity index (χ1) is 17.0. The maximum atomic E-state index is 10.5. The molecule has 0 amide bonds. The highest BCUT2D eigenvalue weighted by atomic mass is 32.4. The third-order valence-electron chi connectivity index (χ3n) is 6.18. The molecule has 0 aliphatic heterocycles. The van der Waals surface area contributed by atoms with Crippen LogP contribution >= 0.6 is 12.1 Å². The molecule has 0 spiro atoms. The quantitative estimate of drug-likeness (QED) is 0.288. The third kappa shape index (κ3) is 4.95. The number of hydrogen-bond acceptors (Lipinski definition) is 4. The summed E-state index contributed by atoms with van der Waals surface area (Å²) in [5.74, 6) is 0. The van der Waals surface area contributed by atoms with Gasteiger partial charge in [-0.2, -0.15) is 10.5 Å². The van der Waals surface area contributed by atoms with Crippen LogP contribution in [0.15, 0.2) is 121 Å². The highest BCUT2D eigenvalue weighted by Gasteiger charge is 2.39. The molecule has 6 heteroatoms. The summed E-state index contributed by atoms with van der Waals surface area (Å²) in [6.07, 6.45) is 0.329. The zero-order valence-corrected chi connectivity index (χ0v) is 22.4. The topological polar surface area (TPSA) is 47.6 Å². The lowest BCUT2D eigenvalue weighted by Gasteiger charge is -2.33. The van der Waals surface area contributed by atoms with Gasteiger partial charge in [0.1, 0.15) is 0 Å². The number of rotatable bonds is 8. The van der Waals surface area contributed by atoms with Gasteiger partial charge in [0.15, 0.2) is 0 Å². The molecular formula is C29H24N2P2S2. The van der Waals surface area contributed by atoms with Crippen molar-refractivity contribution in [3.8, 4) is 12.1 Å². The van der Waals surface area contributed by atoms with Gasteiger partial charge < -0.3 is 0 Å². The zero-order chi connectivity index (χ0) is 24.7. The Morgan fingerprint density at radius 2 is 0.714 bits per heavy atom. The minimum atomic E-state index is -2.56. The molecule has 4 rings (SSSR count). The molecule has 2 unspecified atom stereocenters. The van der Waals surface area contributed by atoms with Crippen molar-refractivity contribution in [1.82, 2.24) is 0 Å². The first kappa shape index (κ1) is 25.3. The number of benzene rings is 4. The molecule has 2 atom stereocenters. The van der Waals surface area contributed by atoms with Crippen molar-refractivity contribution in [2.45, 2.75) is 17.7 Å². The molecule has 35 heavy (non-hydrogen) atoms. The van der Waals surface area contributed by atoms with E-state index in [0.29, 0.717) is 6.42 Å². The minimum absolute atomic E-state index is 0.329. The van der Waals surface area contributed by atoms with E-state index in [1.807, 2.05) is 121 Å². The van der Waals surface area contributed by atoms with Crippen molar-refractivity contribution < 1.29 is 0 Å². The highest BCUT2D eigenvalue weighted by Crippen LogP contribution is 2.56. The lowest BCUT2D eigenvalue weighted by molar-refractivity contribution is 0.902. The number of nitrogens with zero attached hydrogens (tertiary/aromatic N) is 2. The SMILES string of the molecule is N#CC(CC(C#N)P(=S)(c1ccccc1)c1ccccc1)P(=S)(c1ccccc1)c1ccccc1. The summed E-state index contributed by atoms with van der Waals surface area (Å²) < 4.78 is 0. The Balaban J connectivity index is 1.86. The van der Waals surface area contributed by atoms with E-state index in [2.05, 4.69) is 12.1 Å². The van der Waals surface area contributed by atoms with Gasteiger partial charge in [-0.25, -0.2) is 0 Å². The molecule has 4 aromatic carbocycles. The van der Waals surface area contributed by atoms with Gasteiger partial charge in [-0.05, 0) is 27.6 Å². The second-order valence-corrected chi connectivity index (χ2v) is 17.6. The van der Waals surface area contributed by atoms with Gasteiger partial charge >= 0.3 is 0 Å². The van der Waals surface area contributed by atoms with Crippen molar-refractivity contribution in [1.29, 1.82) is 10.5 Å². The molecule has 0 radical (unpaired) electrons. The van der Waals surface area contributed by atoms with Crippen LogP contribution in [0.4, 0.5) is 0 Å². The van der Waals surface area contributed by atoms with Crippen molar-refractivity contribution >= 4 is 56.9 Å². The van der Waals surface area contributed by atoms with Gasteiger partial charge in [-0.15, -0.1) is 0 Å². The van der Waals surface area contributed by atoms with Crippen LogP contribution in [-0.4, -0.2) is 11.3 Å². The minimum Gasteiger partial charge on any atom is -0.198 e. The fourth-order valence-electron chi connectivity index (χ4n) is 4.39. The maximum absolute atomic E-state index is 10.5. The summed E-state index contributed by atoms with van der Waals surface area (Å²) in [5.41, 5.74) is -1.05. The molecule has 0 heterocycles. The molecule has 0 bridgehead atoms. The number of hydrogen-bond donors (Lipinski definition) is 0. The molecule has 0 saturated carbocycles. The molecule has 2 nitrogen and oxygen atoms in total. The molecule has 0 aromatic heterocycles. The summed E-state index contributed by atoms with van der Waals surface area (Å²) in [4.78, 5) is 0. The average Bonchev–Trinajstić information content (AvgIpc) is 2.95. The van der Waals surface area contributed by atoms with E-state index in [4.69, 9.17) is 23.6 Å². The van der Waals surface area contributed by atoms with Crippen LogP contribution in [-0.2, 0) is 23.6 Å². The van der Waals surface area contributed by atoms with Gasteiger partial charge in [-0.3, -0.25) is 0 Å². The van der Waals surface area contributed by atoms with Crippen molar-refractivity contribution in [3.05, 3.63) is 121 Å². The molecule has 172 valence electrons. The first-order valence-electron chi connectivity index (χ1n) is 11.3. The fraction of sp³-hybridized carbons (Fsp3) is 0.103. The zero-order valence-electron chi connectivity index (χ0n) is 19.0. The Labute approximate surface area is 217 Å².